The molecule has 0 atom stereocenters. The molecule has 0 unspecified atom stereocenters. The molecule has 1 fully saturated rings. The lowest BCUT2D eigenvalue weighted by Crippen LogP contribution is -2.40. The molecule has 2 N–H and O–H groups in total. The van der Waals surface area contributed by atoms with Crippen LogP contribution >= 0.6 is 15.9 Å². The first kappa shape index (κ1) is 27.5. The molecule has 3 aromatic rings. The van der Waals surface area contributed by atoms with Crippen molar-refractivity contribution in [3.63, 3.8) is 0 Å². The van der Waals surface area contributed by atoms with Gasteiger partial charge in [-0.2, -0.15) is 26.3 Å². The number of hydrogen-bond acceptors (Lipinski definition) is 3. The topological polar surface area (TPSA) is 75.1 Å². The van der Waals surface area contributed by atoms with Gasteiger partial charge in [-0.25, -0.2) is 13.1 Å². The number of ether oxygens (including phenoxy) is 1. The van der Waals surface area contributed by atoms with Gasteiger partial charge in [0.2, 0.25) is 10.0 Å². The van der Waals surface area contributed by atoms with Crippen molar-refractivity contribution in [3.8, 4) is 22.9 Å². The third-order valence-electron chi connectivity index (χ3n) is 5.77. The minimum absolute atomic E-state index is 0.162. The summed E-state index contributed by atoms with van der Waals surface area (Å²) < 4.78 is 111. The van der Waals surface area contributed by atoms with Crippen LogP contribution in [0.5, 0.6) is 11.6 Å². The Hall–Kier alpha value is -2.58. The van der Waals surface area contributed by atoms with E-state index in [1.807, 2.05) is 6.92 Å². The fourth-order valence-corrected chi connectivity index (χ4v) is 5.99. The number of halogens is 7. The summed E-state index contributed by atoms with van der Waals surface area (Å²) in [5.74, 6) is -1.59. The maximum absolute atomic E-state index is 12.8. The van der Waals surface area contributed by atoms with Crippen molar-refractivity contribution in [2.45, 2.75) is 44.2 Å². The Bertz CT molecular complexity index is 1400. The molecule has 2 aromatic carbocycles. The molecule has 1 aromatic heterocycles. The fraction of sp³-hybridized carbons (Fsp3) is 0.348. The van der Waals surface area contributed by atoms with Gasteiger partial charge in [-0.3, -0.25) is 0 Å². The Labute approximate surface area is 216 Å². The summed E-state index contributed by atoms with van der Waals surface area (Å²) in [7, 11) is -4.61. The maximum atomic E-state index is 12.8. The molecular formula is C23H21BrF6N3O3S+. The molecule has 6 nitrogen and oxygen atoms in total. The van der Waals surface area contributed by atoms with E-state index in [0.717, 1.165) is 12.1 Å². The molecular weight excluding hydrogens is 592 g/mol. The van der Waals surface area contributed by atoms with Crippen molar-refractivity contribution in [2.24, 2.45) is 0 Å². The molecule has 14 heteroatoms. The first-order valence-corrected chi connectivity index (χ1v) is 13.4. The highest BCUT2D eigenvalue weighted by Gasteiger charge is 2.49. The second-order valence-electron chi connectivity index (χ2n) is 8.61. The van der Waals surface area contributed by atoms with Crippen molar-refractivity contribution in [2.75, 3.05) is 5.75 Å². The number of nitrogens with zero attached hydrogens (tertiary/aromatic N) is 1. The smallest absolute Gasteiger partial charge is 0.416 e. The van der Waals surface area contributed by atoms with E-state index < -0.39 is 39.2 Å². The molecule has 1 aliphatic rings. The van der Waals surface area contributed by atoms with Crippen LogP contribution in [0.3, 0.4) is 0 Å². The van der Waals surface area contributed by atoms with Crippen LogP contribution < -0.4 is 14.1 Å². The monoisotopic (exact) mass is 612 g/mol. The lowest BCUT2D eigenvalue weighted by molar-refractivity contribution is -0.737. The molecule has 4 rings (SSSR count). The van der Waals surface area contributed by atoms with Crippen LogP contribution in [-0.2, 0) is 28.3 Å². The lowest BCUT2D eigenvalue weighted by Gasteiger charge is -2.19. The van der Waals surface area contributed by atoms with Crippen LogP contribution in [0.25, 0.3) is 11.3 Å². The standard InChI is InChI=1S/C23H20BrF6N3O3S/c1-2-33-19(18(24)20(31-33)36-17-8-6-15(7-9-17)23(28,29)30)14-4-3-5-16(12-14)21(10-11-21)32-37(34,35)13-22(25,26)27/h3-9,12,32H,2,10-11,13H2,1H3/p+1. The zero-order valence-electron chi connectivity index (χ0n) is 19.2. The molecule has 200 valence electrons. The van der Waals surface area contributed by atoms with Crippen LogP contribution in [0.15, 0.2) is 53.0 Å². The Balaban J connectivity index is 1.63. The van der Waals surface area contributed by atoms with E-state index in [2.05, 4.69) is 25.8 Å². The number of rotatable bonds is 8. The maximum Gasteiger partial charge on any atom is 0.416 e. The number of H-pyrrole nitrogens is 1. The normalized spacial score (nSPS) is 15.6. The molecule has 0 amide bonds. The molecule has 0 bridgehead atoms. The Morgan fingerprint density at radius 3 is 2.27 bits per heavy atom. The average molecular weight is 613 g/mol. The Morgan fingerprint density at radius 2 is 1.73 bits per heavy atom. The number of nitrogens with one attached hydrogen (secondary N) is 2. The molecule has 1 heterocycles. The predicted molar refractivity (Wildman–Crippen MR) is 125 cm³/mol. The predicted octanol–water partition coefficient (Wildman–Crippen LogP) is 6.03. The van der Waals surface area contributed by atoms with Gasteiger partial charge in [-0.15, -0.1) is 9.78 Å². The SMILES string of the molecule is CC[n+]1[nH]c(Oc2ccc(C(F)(F)F)cc2)c(Br)c1-c1cccc(C2(NS(=O)(=O)CC(F)(F)F)CC2)c1. The summed E-state index contributed by atoms with van der Waals surface area (Å²) in [5.41, 5.74) is -0.214. The third-order valence-corrected chi connectivity index (χ3v) is 7.92. The number of hydrogen-bond donors (Lipinski definition) is 2. The van der Waals surface area contributed by atoms with Crippen molar-refractivity contribution >= 4 is 26.0 Å². The summed E-state index contributed by atoms with van der Waals surface area (Å²) in [5, 5.41) is 3.02. The van der Waals surface area contributed by atoms with Crippen molar-refractivity contribution in [3.05, 3.63) is 64.1 Å². The van der Waals surface area contributed by atoms with E-state index in [1.54, 1.807) is 28.9 Å². The number of aromatic nitrogens is 2. The summed E-state index contributed by atoms with van der Waals surface area (Å²) in [6, 6.07) is 10.9. The van der Waals surface area contributed by atoms with Crippen LogP contribution in [0, 0.1) is 0 Å². The number of aromatic amines is 1. The summed E-state index contributed by atoms with van der Waals surface area (Å²) in [6.45, 7) is 2.28. The van der Waals surface area contributed by atoms with Gasteiger partial charge in [0.25, 0.3) is 11.6 Å². The van der Waals surface area contributed by atoms with Gasteiger partial charge in [0, 0.05) is 0 Å². The fourth-order valence-electron chi connectivity index (χ4n) is 3.96. The zero-order valence-corrected chi connectivity index (χ0v) is 21.6. The summed E-state index contributed by atoms with van der Waals surface area (Å²) >= 11 is 3.46. The van der Waals surface area contributed by atoms with Crippen molar-refractivity contribution in [1.29, 1.82) is 0 Å². The number of benzene rings is 2. The van der Waals surface area contributed by atoms with Crippen molar-refractivity contribution in [1.82, 2.24) is 9.82 Å². The van der Waals surface area contributed by atoms with Gasteiger partial charge in [0.05, 0.1) is 16.7 Å². The van der Waals surface area contributed by atoms with Gasteiger partial charge in [0.1, 0.15) is 5.75 Å². The second kappa shape index (κ2) is 9.62. The van der Waals surface area contributed by atoms with Gasteiger partial charge in [-0.05, 0) is 77.7 Å². The van der Waals surface area contributed by atoms with Gasteiger partial charge in [0.15, 0.2) is 16.8 Å². The van der Waals surface area contributed by atoms with Gasteiger partial charge in [-0.1, -0.05) is 12.1 Å². The third kappa shape index (κ3) is 6.29. The highest BCUT2D eigenvalue weighted by atomic mass is 79.9. The zero-order chi connectivity index (χ0) is 27.2. The number of aryl methyl sites for hydroxylation is 1. The van der Waals surface area contributed by atoms with E-state index in [0.29, 0.717) is 40.7 Å². The highest BCUT2D eigenvalue weighted by Crippen LogP contribution is 2.47. The Morgan fingerprint density at radius 1 is 1.08 bits per heavy atom. The molecule has 0 aliphatic heterocycles. The molecule has 0 radical (unpaired) electrons. The van der Waals surface area contributed by atoms with Crippen molar-refractivity contribution < 1.29 is 44.2 Å². The molecule has 0 saturated heterocycles. The van der Waals surface area contributed by atoms with Crippen LogP contribution in [0.2, 0.25) is 0 Å². The van der Waals surface area contributed by atoms with Crippen LogP contribution in [0.1, 0.15) is 30.9 Å². The van der Waals surface area contributed by atoms with Crippen LogP contribution in [0.4, 0.5) is 26.3 Å². The van der Waals surface area contributed by atoms with E-state index in [-0.39, 0.29) is 11.6 Å². The second-order valence-corrected chi connectivity index (χ2v) is 11.1. The first-order chi connectivity index (χ1) is 17.1. The average Bonchev–Trinajstić information content (AvgIpc) is 3.48. The Kier molecular flexibility index (Phi) is 7.14. The minimum Gasteiger partial charge on any atom is -0.436 e. The molecule has 37 heavy (non-hydrogen) atoms. The quantitative estimate of drug-likeness (QED) is 0.241. The first-order valence-electron chi connectivity index (χ1n) is 11.0. The summed E-state index contributed by atoms with van der Waals surface area (Å²) in [6.07, 6.45) is -8.65. The largest absolute Gasteiger partial charge is 0.436 e. The summed E-state index contributed by atoms with van der Waals surface area (Å²) in [4.78, 5) is 0. The molecule has 1 aliphatic carbocycles. The van der Waals surface area contributed by atoms with E-state index in [4.69, 9.17) is 4.74 Å². The molecule has 0 spiro atoms. The molecule has 1 saturated carbocycles. The van der Waals surface area contributed by atoms with Crippen LogP contribution in [-0.4, -0.2) is 25.4 Å². The van der Waals surface area contributed by atoms with Gasteiger partial charge >= 0.3 is 12.4 Å². The van der Waals surface area contributed by atoms with E-state index in [9.17, 15) is 34.8 Å². The van der Waals surface area contributed by atoms with E-state index >= 15 is 0 Å². The minimum atomic E-state index is -4.87. The number of sulfonamides is 1. The lowest BCUT2D eigenvalue weighted by atomic mass is 10.0. The number of alkyl halides is 6. The van der Waals surface area contributed by atoms with Gasteiger partial charge < -0.3 is 4.74 Å². The van der Waals surface area contributed by atoms with E-state index in [1.165, 1.54) is 12.1 Å². The highest BCUT2D eigenvalue weighted by molar-refractivity contribution is 9.10.